The number of benzene rings is 1. The summed E-state index contributed by atoms with van der Waals surface area (Å²) >= 11 is 3.35. The van der Waals surface area contributed by atoms with Gasteiger partial charge < -0.3 is 9.64 Å². The number of hydrogen-bond donors (Lipinski definition) is 0. The molecule has 0 aliphatic heterocycles. The zero-order valence-electron chi connectivity index (χ0n) is 14.3. The first kappa shape index (κ1) is 20.8. The second kappa shape index (κ2) is 8.23. The van der Waals surface area contributed by atoms with Gasteiger partial charge in [-0.2, -0.15) is 13.2 Å². The van der Waals surface area contributed by atoms with Gasteiger partial charge in [0, 0.05) is 13.0 Å². The fourth-order valence-electron chi connectivity index (χ4n) is 2.30. The Morgan fingerprint density at radius 1 is 1.21 bits per heavy atom. The highest BCUT2D eigenvalue weighted by atomic mass is 79.9. The van der Waals surface area contributed by atoms with Crippen LogP contribution in [0.2, 0.25) is 0 Å². The number of aryl methyl sites for hydroxylation is 1. The number of nitrogens with zero attached hydrogens (tertiary/aromatic N) is 1. The molecule has 0 radical (unpaired) electrons. The highest BCUT2D eigenvalue weighted by Crippen LogP contribution is 2.26. The van der Waals surface area contributed by atoms with Crippen LogP contribution in [0.1, 0.15) is 32.8 Å². The van der Waals surface area contributed by atoms with Crippen molar-refractivity contribution in [3.05, 3.63) is 28.2 Å². The average Bonchev–Trinajstić information content (AvgIpc) is 2.41. The molecular weight excluding hydrogens is 387 g/mol. The van der Waals surface area contributed by atoms with Gasteiger partial charge in [0.05, 0.1) is 11.6 Å². The molecule has 0 bridgehead atoms. The van der Waals surface area contributed by atoms with Crippen molar-refractivity contribution in [1.29, 1.82) is 0 Å². The van der Waals surface area contributed by atoms with E-state index >= 15 is 0 Å². The number of hydrogen-bond acceptors (Lipinski definition) is 2. The van der Waals surface area contributed by atoms with Crippen molar-refractivity contribution >= 4 is 21.8 Å². The smallest absolute Gasteiger partial charge is 0.406 e. The van der Waals surface area contributed by atoms with Gasteiger partial charge in [-0.25, -0.2) is 0 Å². The van der Waals surface area contributed by atoms with Gasteiger partial charge in [-0.3, -0.25) is 4.79 Å². The Morgan fingerprint density at radius 2 is 1.83 bits per heavy atom. The normalized spacial score (nSPS) is 12.2. The van der Waals surface area contributed by atoms with E-state index in [1.807, 2.05) is 26.8 Å². The molecule has 136 valence electrons. The molecule has 0 saturated heterocycles. The highest BCUT2D eigenvalue weighted by molar-refractivity contribution is 9.10. The maximum absolute atomic E-state index is 12.7. The van der Waals surface area contributed by atoms with E-state index in [1.165, 1.54) is 0 Å². The van der Waals surface area contributed by atoms with Crippen molar-refractivity contribution in [1.82, 2.24) is 4.90 Å². The third-order valence-electron chi connectivity index (χ3n) is 3.23. The minimum Gasteiger partial charge on any atom is -0.496 e. The van der Waals surface area contributed by atoms with Gasteiger partial charge in [-0.05, 0) is 45.5 Å². The zero-order chi connectivity index (χ0) is 18.5. The molecule has 1 aromatic rings. The molecule has 0 aromatic heterocycles. The second-order valence-corrected chi connectivity index (χ2v) is 7.75. The van der Waals surface area contributed by atoms with Crippen LogP contribution < -0.4 is 4.74 Å². The molecule has 1 rings (SSSR count). The first-order valence-corrected chi connectivity index (χ1v) is 8.37. The van der Waals surface area contributed by atoms with Crippen LogP contribution in [-0.4, -0.2) is 37.2 Å². The molecule has 0 aliphatic rings. The lowest BCUT2D eigenvalue weighted by molar-refractivity contribution is -0.163. The van der Waals surface area contributed by atoms with Crippen LogP contribution in [0.5, 0.6) is 5.75 Å². The van der Waals surface area contributed by atoms with E-state index in [1.54, 1.807) is 19.2 Å². The molecule has 7 heteroatoms. The van der Waals surface area contributed by atoms with Crippen LogP contribution in [0, 0.1) is 5.41 Å². The molecule has 0 aliphatic carbocycles. The highest BCUT2D eigenvalue weighted by Gasteiger charge is 2.34. The van der Waals surface area contributed by atoms with Crippen molar-refractivity contribution in [3.63, 3.8) is 0 Å². The third-order valence-corrected chi connectivity index (χ3v) is 3.85. The van der Waals surface area contributed by atoms with Crippen molar-refractivity contribution in [3.8, 4) is 5.75 Å². The van der Waals surface area contributed by atoms with Crippen LogP contribution in [-0.2, 0) is 11.2 Å². The van der Waals surface area contributed by atoms with Crippen LogP contribution in [0.3, 0.4) is 0 Å². The number of amides is 1. The number of ether oxygens (including phenoxy) is 1. The van der Waals surface area contributed by atoms with Crippen LogP contribution in [0.4, 0.5) is 13.2 Å². The van der Waals surface area contributed by atoms with E-state index in [-0.39, 0.29) is 13.0 Å². The van der Waals surface area contributed by atoms with Crippen LogP contribution in [0.15, 0.2) is 22.7 Å². The number of methoxy groups -OCH3 is 1. The third kappa shape index (κ3) is 7.55. The average molecular weight is 410 g/mol. The zero-order valence-corrected chi connectivity index (χ0v) is 15.9. The molecule has 0 spiro atoms. The van der Waals surface area contributed by atoms with E-state index in [0.717, 1.165) is 14.9 Å². The van der Waals surface area contributed by atoms with Crippen LogP contribution >= 0.6 is 15.9 Å². The van der Waals surface area contributed by atoms with E-state index in [4.69, 9.17) is 4.74 Å². The molecular formula is C17H23BrF3NO2. The molecule has 3 nitrogen and oxygen atoms in total. The maximum atomic E-state index is 12.7. The SMILES string of the molecule is COc1ccc(CCC(=O)N(CC(C)(C)C)CC(F)(F)F)cc1Br. The first-order chi connectivity index (χ1) is 10.9. The Morgan fingerprint density at radius 3 is 2.29 bits per heavy atom. The standard InChI is InChI=1S/C17H23BrF3NO2/c1-16(2,3)10-22(11-17(19,20)21)15(23)8-6-12-5-7-14(24-4)13(18)9-12/h5,7,9H,6,8,10-11H2,1-4H3. The summed E-state index contributed by atoms with van der Waals surface area (Å²) in [5.74, 6) is 0.172. The lowest BCUT2D eigenvalue weighted by Gasteiger charge is -2.30. The fourth-order valence-corrected chi connectivity index (χ4v) is 2.88. The Bertz CT molecular complexity index is 552. The Labute approximate surface area is 149 Å². The Hall–Kier alpha value is -1.24. The van der Waals surface area contributed by atoms with Crippen molar-refractivity contribution in [2.24, 2.45) is 5.41 Å². The number of carbonyl (C=O) groups excluding carboxylic acids is 1. The minimum atomic E-state index is -4.40. The van der Waals surface area contributed by atoms with Gasteiger partial charge in [0.1, 0.15) is 12.3 Å². The molecule has 0 N–H and O–H groups in total. The predicted octanol–water partition coefficient (Wildman–Crippen LogP) is 4.83. The number of rotatable bonds is 6. The largest absolute Gasteiger partial charge is 0.496 e. The molecule has 0 unspecified atom stereocenters. The Balaban J connectivity index is 2.75. The quantitative estimate of drug-likeness (QED) is 0.673. The first-order valence-electron chi connectivity index (χ1n) is 7.58. The lowest BCUT2D eigenvalue weighted by Crippen LogP contribution is -2.43. The number of alkyl halides is 3. The summed E-state index contributed by atoms with van der Waals surface area (Å²) in [6, 6.07) is 5.37. The van der Waals surface area contributed by atoms with Crippen molar-refractivity contribution in [2.75, 3.05) is 20.2 Å². The summed E-state index contributed by atoms with van der Waals surface area (Å²) in [6.07, 6.45) is -3.99. The van der Waals surface area contributed by atoms with Crippen LogP contribution in [0.25, 0.3) is 0 Å². The van der Waals surface area contributed by atoms with E-state index in [9.17, 15) is 18.0 Å². The molecule has 1 aromatic carbocycles. The van der Waals surface area contributed by atoms with Crippen molar-refractivity contribution < 1.29 is 22.7 Å². The Kier molecular flexibility index (Phi) is 7.13. The van der Waals surface area contributed by atoms with E-state index in [2.05, 4.69) is 15.9 Å². The topological polar surface area (TPSA) is 29.5 Å². The van der Waals surface area contributed by atoms with Gasteiger partial charge in [-0.1, -0.05) is 26.8 Å². The molecule has 0 heterocycles. The monoisotopic (exact) mass is 409 g/mol. The molecule has 0 fully saturated rings. The summed E-state index contributed by atoms with van der Waals surface area (Å²) in [7, 11) is 1.55. The van der Waals surface area contributed by atoms with Crippen molar-refractivity contribution in [2.45, 2.75) is 39.8 Å². The number of halogens is 4. The summed E-state index contributed by atoms with van der Waals surface area (Å²) in [5.41, 5.74) is 0.461. The molecule has 24 heavy (non-hydrogen) atoms. The summed E-state index contributed by atoms with van der Waals surface area (Å²) in [5, 5.41) is 0. The molecule has 1 amide bonds. The summed E-state index contributed by atoms with van der Waals surface area (Å²) in [4.78, 5) is 13.2. The summed E-state index contributed by atoms with van der Waals surface area (Å²) in [6.45, 7) is 4.28. The fraction of sp³-hybridized carbons (Fsp3) is 0.588. The molecule has 0 saturated carbocycles. The number of carbonyl (C=O) groups is 1. The van der Waals surface area contributed by atoms with Gasteiger partial charge >= 0.3 is 6.18 Å². The predicted molar refractivity (Wildman–Crippen MR) is 91.1 cm³/mol. The van der Waals surface area contributed by atoms with Gasteiger partial charge in [0.15, 0.2) is 0 Å². The van der Waals surface area contributed by atoms with E-state index in [0.29, 0.717) is 12.2 Å². The van der Waals surface area contributed by atoms with Gasteiger partial charge in [0.25, 0.3) is 0 Å². The van der Waals surface area contributed by atoms with Gasteiger partial charge in [-0.15, -0.1) is 0 Å². The minimum absolute atomic E-state index is 0.0327. The molecule has 0 atom stereocenters. The van der Waals surface area contributed by atoms with E-state index < -0.39 is 24.0 Å². The maximum Gasteiger partial charge on any atom is 0.406 e. The second-order valence-electron chi connectivity index (χ2n) is 6.89. The lowest BCUT2D eigenvalue weighted by atomic mass is 9.95. The summed E-state index contributed by atoms with van der Waals surface area (Å²) < 4.78 is 44.1. The van der Waals surface area contributed by atoms with Gasteiger partial charge in [0.2, 0.25) is 5.91 Å².